The third-order valence-electron chi connectivity index (χ3n) is 2.07. The van der Waals surface area contributed by atoms with Gasteiger partial charge in [-0.05, 0) is 36.4 Å². The Labute approximate surface area is 128 Å². The van der Waals surface area contributed by atoms with Crippen molar-refractivity contribution in [3.05, 3.63) is 23.8 Å². The fraction of sp³-hybridized carbons (Fsp3) is 0.364. The molecule has 0 saturated carbocycles. The molecule has 0 amide bonds. The van der Waals surface area contributed by atoms with Crippen LogP contribution in [0.4, 0.5) is 26.3 Å². The van der Waals surface area contributed by atoms with Gasteiger partial charge in [0.1, 0.15) is 11.5 Å². The highest BCUT2D eigenvalue weighted by Crippen LogP contribution is 2.43. The third kappa shape index (κ3) is 6.16. The molecule has 1 aromatic rings. The molecular formula is C11H7BrF6O2S. The smallest absolute Gasteiger partial charge is 0.406 e. The molecule has 0 saturated heterocycles. The Balaban J connectivity index is 3.23. The van der Waals surface area contributed by atoms with Crippen molar-refractivity contribution < 1.29 is 35.9 Å². The van der Waals surface area contributed by atoms with Crippen molar-refractivity contribution in [3.8, 4) is 5.75 Å². The van der Waals surface area contributed by atoms with Crippen LogP contribution in [0.1, 0.15) is 17.3 Å². The van der Waals surface area contributed by atoms with Crippen LogP contribution in [-0.4, -0.2) is 17.7 Å². The van der Waals surface area contributed by atoms with E-state index in [0.717, 1.165) is 19.1 Å². The predicted octanol–water partition coefficient (Wildman–Crippen LogP) is 5.22. The molecule has 0 spiro atoms. The van der Waals surface area contributed by atoms with Crippen LogP contribution >= 0.6 is 27.7 Å². The summed E-state index contributed by atoms with van der Waals surface area (Å²) in [6.07, 6.45) is -5.02. The third-order valence-corrected chi connectivity index (χ3v) is 4.02. The van der Waals surface area contributed by atoms with E-state index >= 15 is 0 Å². The molecule has 0 bridgehead atoms. The number of halogens is 7. The number of ketones is 1. The van der Waals surface area contributed by atoms with Crippen LogP contribution in [-0.2, 0) is 4.79 Å². The van der Waals surface area contributed by atoms with E-state index < -0.39 is 44.9 Å². The van der Waals surface area contributed by atoms with Crippen molar-refractivity contribution >= 4 is 33.5 Å². The molecule has 1 unspecified atom stereocenters. The lowest BCUT2D eigenvalue weighted by Crippen LogP contribution is -2.17. The second-order valence-electron chi connectivity index (χ2n) is 3.77. The highest BCUT2D eigenvalue weighted by atomic mass is 79.9. The van der Waals surface area contributed by atoms with Crippen LogP contribution in [0.5, 0.6) is 5.75 Å². The Morgan fingerprint density at radius 3 is 2.24 bits per heavy atom. The number of carbonyl (C=O) groups is 1. The molecule has 0 aliphatic carbocycles. The van der Waals surface area contributed by atoms with Gasteiger partial charge >= 0.3 is 11.9 Å². The van der Waals surface area contributed by atoms with Crippen molar-refractivity contribution in [1.29, 1.82) is 0 Å². The van der Waals surface area contributed by atoms with E-state index in [1.54, 1.807) is 0 Å². The maximum absolute atomic E-state index is 12.5. The number of hydrogen-bond acceptors (Lipinski definition) is 3. The number of ether oxygens (including phenoxy) is 1. The van der Waals surface area contributed by atoms with Crippen LogP contribution in [0.2, 0.25) is 0 Å². The minimum absolute atomic E-state index is 0.0839. The van der Waals surface area contributed by atoms with E-state index in [9.17, 15) is 31.1 Å². The molecule has 0 aliphatic heterocycles. The maximum atomic E-state index is 12.5. The van der Waals surface area contributed by atoms with E-state index in [1.165, 1.54) is 0 Å². The van der Waals surface area contributed by atoms with Crippen molar-refractivity contribution in [2.45, 2.75) is 28.5 Å². The quantitative estimate of drug-likeness (QED) is 0.396. The first-order valence-electron chi connectivity index (χ1n) is 5.19. The summed E-state index contributed by atoms with van der Waals surface area (Å²) in [7, 11) is 0. The van der Waals surface area contributed by atoms with Crippen molar-refractivity contribution in [2.24, 2.45) is 0 Å². The first-order chi connectivity index (χ1) is 9.39. The highest BCUT2D eigenvalue weighted by molar-refractivity contribution is 9.09. The first kappa shape index (κ1) is 18.1. The Morgan fingerprint density at radius 2 is 1.81 bits per heavy atom. The molecule has 0 radical (unpaired) electrons. The van der Waals surface area contributed by atoms with Crippen LogP contribution in [0.3, 0.4) is 0 Å². The lowest BCUT2D eigenvalue weighted by atomic mass is 10.1. The summed E-state index contributed by atoms with van der Waals surface area (Å²) in [4.78, 5) is 9.63. The van der Waals surface area contributed by atoms with E-state index in [0.29, 0.717) is 6.07 Å². The number of benzene rings is 1. The summed E-state index contributed by atoms with van der Waals surface area (Å²) >= 11 is 2.29. The molecule has 21 heavy (non-hydrogen) atoms. The molecule has 0 aliphatic rings. The van der Waals surface area contributed by atoms with Gasteiger partial charge in [-0.1, -0.05) is 22.0 Å². The van der Waals surface area contributed by atoms with Gasteiger partial charge < -0.3 is 4.74 Å². The Bertz CT molecular complexity index is 528. The topological polar surface area (TPSA) is 26.3 Å². The van der Waals surface area contributed by atoms with Gasteiger partial charge in [0.05, 0.1) is 4.83 Å². The summed E-state index contributed by atoms with van der Waals surface area (Å²) in [5.41, 5.74) is -4.80. The second kappa shape index (κ2) is 6.47. The maximum Gasteiger partial charge on any atom is 0.573 e. The Morgan fingerprint density at radius 1 is 1.24 bits per heavy atom. The molecule has 10 heteroatoms. The summed E-state index contributed by atoms with van der Waals surface area (Å²) in [6.45, 7) is 1.14. The summed E-state index contributed by atoms with van der Waals surface area (Å²) in [5.74, 6) is -1.27. The molecule has 0 fully saturated rings. The lowest BCUT2D eigenvalue weighted by Gasteiger charge is -2.16. The SMILES string of the molecule is CC(=O)C(Br)c1ccc(OC(F)(F)F)cc1SC(F)(F)F. The van der Waals surface area contributed by atoms with Gasteiger partial charge in [0.25, 0.3) is 0 Å². The zero-order chi connectivity index (χ0) is 16.4. The monoisotopic (exact) mass is 396 g/mol. The van der Waals surface area contributed by atoms with Crippen LogP contribution < -0.4 is 4.74 Å². The molecule has 0 aromatic heterocycles. The number of Topliss-reactive ketones (excluding diaryl/α,β-unsaturated/α-hetero) is 1. The van der Waals surface area contributed by atoms with Gasteiger partial charge in [-0.2, -0.15) is 13.2 Å². The lowest BCUT2D eigenvalue weighted by molar-refractivity contribution is -0.274. The van der Waals surface area contributed by atoms with Crippen LogP contribution in [0.25, 0.3) is 0 Å². The number of hydrogen-bond donors (Lipinski definition) is 0. The first-order valence-corrected chi connectivity index (χ1v) is 6.92. The van der Waals surface area contributed by atoms with Crippen LogP contribution in [0.15, 0.2) is 23.1 Å². The summed E-state index contributed by atoms with van der Waals surface area (Å²) in [5, 5.41) is 0. The average molecular weight is 397 g/mol. The Kier molecular flexibility index (Phi) is 5.59. The van der Waals surface area contributed by atoms with Crippen molar-refractivity contribution in [1.82, 2.24) is 0 Å². The van der Waals surface area contributed by atoms with E-state index in [2.05, 4.69) is 20.7 Å². The van der Waals surface area contributed by atoms with Crippen molar-refractivity contribution in [2.75, 3.05) is 0 Å². The van der Waals surface area contributed by atoms with Gasteiger partial charge in [0.15, 0.2) is 0 Å². The summed E-state index contributed by atoms with van der Waals surface area (Å²) in [6, 6.07) is 2.43. The second-order valence-corrected chi connectivity index (χ2v) is 5.79. The van der Waals surface area contributed by atoms with Crippen molar-refractivity contribution in [3.63, 3.8) is 0 Å². The zero-order valence-electron chi connectivity index (χ0n) is 10.2. The normalized spacial score (nSPS) is 13.9. The molecular weight excluding hydrogens is 390 g/mol. The van der Waals surface area contributed by atoms with Gasteiger partial charge in [-0.3, -0.25) is 4.79 Å². The van der Waals surface area contributed by atoms with Crippen LogP contribution in [0, 0.1) is 0 Å². The average Bonchev–Trinajstić information content (AvgIpc) is 2.23. The van der Waals surface area contributed by atoms with Gasteiger partial charge in [-0.15, -0.1) is 13.2 Å². The summed E-state index contributed by atoms with van der Waals surface area (Å²) < 4.78 is 77.2. The number of rotatable bonds is 4. The van der Waals surface area contributed by atoms with E-state index in [-0.39, 0.29) is 5.56 Å². The van der Waals surface area contributed by atoms with Gasteiger partial charge in [0.2, 0.25) is 0 Å². The molecule has 2 nitrogen and oxygen atoms in total. The highest BCUT2D eigenvalue weighted by Gasteiger charge is 2.34. The predicted molar refractivity (Wildman–Crippen MR) is 67.4 cm³/mol. The Hall–Kier alpha value is -0.900. The molecule has 1 atom stereocenters. The molecule has 1 aromatic carbocycles. The standard InChI is InChI=1S/C11H7BrF6O2S/c1-5(19)9(12)7-3-2-6(20-10(13,14)15)4-8(7)21-11(16,17)18/h2-4,9H,1H3. The number of carbonyl (C=O) groups excluding carboxylic acids is 1. The largest absolute Gasteiger partial charge is 0.573 e. The number of thioether (sulfide) groups is 1. The zero-order valence-corrected chi connectivity index (χ0v) is 12.6. The fourth-order valence-corrected chi connectivity index (χ4v) is 2.63. The molecule has 118 valence electrons. The minimum atomic E-state index is -5.02. The van der Waals surface area contributed by atoms with E-state index in [4.69, 9.17) is 0 Å². The van der Waals surface area contributed by atoms with Gasteiger partial charge in [-0.25, -0.2) is 0 Å². The molecule has 0 N–H and O–H groups in total. The minimum Gasteiger partial charge on any atom is -0.406 e. The van der Waals surface area contributed by atoms with E-state index in [1.807, 2.05) is 0 Å². The van der Waals surface area contributed by atoms with Gasteiger partial charge in [0, 0.05) is 4.90 Å². The number of alkyl halides is 7. The fourth-order valence-electron chi connectivity index (χ4n) is 1.35. The molecule has 0 heterocycles. The molecule has 1 rings (SSSR count).